The summed E-state index contributed by atoms with van der Waals surface area (Å²) in [4.78, 5) is 17.3. The Balaban J connectivity index is 1.30. The zero-order valence-electron chi connectivity index (χ0n) is 17.8. The summed E-state index contributed by atoms with van der Waals surface area (Å²) < 4.78 is 5.39. The van der Waals surface area contributed by atoms with Crippen LogP contribution in [0.15, 0.2) is 102 Å². The first-order chi connectivity index (χ1) is 15.8. The van der Waals surface area contributed by atoms with Crippen molar-refractivity contribution in [2.45, 2.75) is 6.04 Å². The number of piperazine rings is 1. The minimum atomic E-state index is -0.102. The van der Waals surface area contributed by atoms with Gasteiger partial charge in [0.1, 0.15) is 5.69 Å². The normalized spacial score (nSPS) is 14.6. The summed E-state index contributed by atoms with van der Waals surface area (Å²) in [7, 11) is 0. The first-order valence-corrected chi connectivity index (χ1v) is 10.9. The predicted molar refractivity (Wildman–Crippen MR) is 124 cm³/mol. The van der Waals surface area contributed by atoms with Crippen LogP contribution < -0.4 is 0 Å². The van der Waals surface area contributed by atoms with Gasteiger partial charge in [0.25, 0.3) is 5.91 Å². The molecule has 1 amide bonds. The Bertz CT molecular complexity index is 1110. The molecule has 0 bridgehead atoms. The summed E-state index contributed by atoms with van der Waals surface area (Å²) in [5, 5.41) is 4.09. The maximum Gasteiger partial charge on any atom is 0.292 e. The number of benzene rings is 3. The summed E-state index contributed by atoms with van der Waals surface area (Å²) in [5.74, 6) is 0.190. The smallest absolute Gasteiger partial charge is 0.292 e. The Morgan fingerprint density at radius 1 is 0.750 bits per heavy atom. The molecule has 1 fully saturated rings. The molecule has 5 heteroatoms. The fourth-order valence-electron chi connectivity index (χ4n) is 4.34. The Hall–Kier alpha value is -3.70. The van der Waals surface area contributed by atoms with Gasteiger partial charge in [-0.25, -0.2) is 0 Å². The maximum atomic E-state index is 13.0. The van der Waals surface area contributed by atoms with Crippen molar-refractivity contribution in [3.8, 4) is 11.3 Å². The van der Waals surface area contributed by atoms with Crippen LogP contribution in [0.25, 0.3) is 11.3 Å². The highest BCUT2D eigenvalue weighted by atomic mass is 16.5. The highest BCUT2D eigenvalue weighted by Crippen LogP contribution is 2.30. The quantitative estimate of drug-likeness (QED) is 0.459. The summed E-state index contributed by atoms with van der Waals surface area (Å²) in [6, 6.07) is 32.8. The van der Waals surface area contributed by atoms with Crippen LogP contribution in [0.1, 0.15) is 27.7 Å². The Morgan fingerprint density at radius 3 is 1.84 bits per heavy atom. The molecule has 0 unspecified atom stereocenters. The van der Waals surface area contributed by atoms with E-state index in [4.69, 9.17) is 4.52 Å². The standard InChI is InChI=1S/C27H25N3O2/c31-27(25-20-24(28-32-25)21-10-4-1-5-11-21)30-18-16-29(17-19-30)26(22-12-6-2-7-13-22)23-14-8-3-9-15-23/h1-15,20,26H,16-19H2. The molecule has 1 aliphatic rings. The molecule has 2 heterocycles. The van der Waals surface area contributed by atoms with Gasteiger partial charge in [-0.15, -0.1) is 0 Å². The average molecular weight is 424 g/mol. The summed E-state index contributed by atoms with van der Waals surface area (Å²) >= 11 is 0. The summed E-state index contributed by atoms with van der Waals surface area (Å²) in [5.41, 5.74) is 4.15. The van der Waals surface area contributed by atoms with E-state index in [1.54, 1.807) is 6.07 Å². The topological polar surface area (TPSA) is 49.6 Å². The number of amides is 1. The first-order valence-electron chi connectivity index (χ1n) is 10.9. The van der Waals surface area contributed by atoms with Crippen LogP contribution in [-0.2, 0) is 0 Å². The van der Waals surface area contributed by atoms with E-state index < -0.39 is 0 Å². The maximum absolute atomic E-state index is 13.0. The van der Waals surface area contributed by atoms with Crippen LogP contribution in [0.2, 0.25) is 0 Å². The molecule has 0 radical (unpaired) electrons. The molecular formula is C27H25N3O2. The third kappa shape index (κ3) is 4.20. The van der Waals surface area contributed by atoms with E-state index in [2.05, 4.69) is 58.6 Å². The molecule has 160 valence electrons. The number of carbonyl (C=O) groups excluding carboxylic acids is 1. The lowest BCUT2D eigenvalue weighted by Crippen LogP contribution is -2.49. The summed E-state index contributed by atoms with van der Waals surface area (Å²) in [6.45, 7) is 2.88. The van der Waals surface area contributed by atoms with Crippen LogP contribution in [-0.4, -0.2) is 47.0 Å². The van der Waals surface area contributed by atoms with Crippen LogP contribution in [0.5, 0.6) is 0 Å². The molecule has 32 heavy (non-hydrogen) atoms. The van der Waals surface area contributed by atoms with Crippen LogP contribution >= 0.6 is 0 Å². The van der Waals surface area contributed by atoms with Gasteiger partial charge in [0.2, 0.25) is 5.76 Å². The SMILES string of the molecule is O=C(c1cc(-c2ccccc2)no1)N1CCN(C(c2ccccc2)c2ccccc2)CC1. The van der Waals surface area contributed by atoms with Gasteiger partial charge in [-0.05, 0) is 11.1 Å². The molecule has 4 aromatic rings. The number of aromatic nitrogens is 1. The van der Waals surface area contributed by atoms with Gasteiger partial charge in [0.05, 0.1) is 6.04 Å². The monoisotopic (exact) mass is 423 g/mol. The minimum Gasteiger partial charge on any atom is -0.350 e. The third-order valence-electron chi connectivity index (χ3n) is 5.99. The zero-order valence-corrected chi connectivity index (χ0v) is 17.8. The Kier molecular flexibility index (Phi) is 5.81. The van der Waals surface area contributed by atoms with E-state index in [9.17, 15) is 4.79 Å². The van der Waals surface area contributed by atoms with Gasteiger partial charge in [-0.1, -0.05) is 96.2 Å². The molecule has 1 aliphatic heterocycles. The lowest BCUT2D eigenvalue weighted by atomic mass is 9.96. The van der Waals surface area contributed by atoms with E-state index in [0.29, 0.717) is 24.5 Å². The van der Waals surface area contributed by atoms with Crippen molar-refractivity contribution in [3.63, 3.8) is 0 Å². The molecule has 5 nitrogen and oxygen atoms in total. The number of rotatable bonds is 5. The van der Waals surface area contributed by atoms with E-state index in [1.807, 2.05) is 47.4 Å². The zero-order chi connectivity index (χ0) is 21.8. The van der Waals surface area contributed by atoms with Crippen LogP contribution in [0.3, 0.4) is 0 Å². The number of hydrogen-bond acceptors (Lipinski definition) is 4. The number of carbonyl (C=O) groups is 1. The molecule has 0 N–H and O–H groups in total. The molecular weight excluding hydrogens is 398 g/mol. The highest BCUT2D eigenvalue weighted by Gasteiger charge is 2.29. The fraction of sp³-hybridized carbons (Fsp3) is 0.185. The third-order valence-corrected chi connectivity index (χ3v) is 5.99. The molecule has 3 aromatic carbocycles. The number of hydrogen-bond donors (Lipinski definition) is 0. The molecule has 1 aromatic heterocycles. The van der Waals surface area contributed by atoms with Gasteiger partial charge < -0.3 is 9.42 Å². The average Bonchev–Trinajstić information content (AvgIpc) is 3.37. The van der Waals surface area contributed by atoms with Crippen LogP contribution in [0, 0.1) is 0 Å². The Morgan fingerprint density at radius 2 is 1.28 bits per heavy atom. The molecule has 0 saturated carbocycles. The highest BCUT2D eigenvalue weighted by molar-refractivity contribution is 5.92. The van der Waals surface area contributed by atoms with Crippen molar-refractivity contribution in [2.24, 2.45) is 0 Å². The van der Waals surface area contributed by atoms with Gasteiger partial charge in [0, 0.05) is 37.8 Å². The number of nitrogens with zero attached hydrogens (tertiary/aromatic N) is 3. The van der Waals surface area contributed by atoms with E-state index in [1.165, 1.54) is 11.1 Å². The lowest BCUT2D eigenvalue weighted by Gasteiger charge is -2.39. The largest absolute Gasteiger partial charge is 0.350 e. The molecule has 5 rings (SSSR count). The van der Waals surface area contributed by atoms with E-state index >= 15 is 0 Å². The van der Waals surface area contributed by atoms with Crippen molar-refractivity contribution in [1.29, 1.82) is 0 Å². The Labute approximate surface area is 187 Å². The predicted octanol–water partition coefficient (Wildman–Crippen LogP) is 4.89. The molecule has 0 aliphatic carbocycles. The van der Waals surface area contributed by atoms with E-state index in [0.717, 1.165) is 18.7 Å². The van der Waals surface area contributed by atoms with E-state index in [-0.39, 0.29) is 11.9 Å². The van der Waals surface area contributed by atoms with Crippen molar-refractivity contribution < 1.29 is 9.32 Å². The second-order valence-corrected chi connectivity index (χ2v) is 7.99. The molecule has 0 atom stereocenters. The van der Waals surface area contributed by atoms with Gasteiger partial charge in [0.15, 0.2) is 0 Å². The van der Waals surface area contributed by atoms with Crippen molar-refractivity contribution in [1.82, 2.24) is 15.0 Å². The van der Waals surface area contributed by atoms with Crippen LogP contribution in [0.4, 0.5) is 0 Å². The first kappa shape index (κ1) is 20.2. The van der Waals surface area contributed by atoms with Gasteiger partial charge >= 0.3 is 0 Å². The van der Waals surface area contributed by atoms with Gasteiger partial charge in [-0.2, -0.15) is 0 Å². The van der Waals surface area contributed by atoms with Crippen molar-refractivity contribution in [2.75, 3.05) is 26.2 Å². The second-order valence-electron chi connectivity index (χ2n) is 7.99. The summed E-state index contributed by atoms with van der Waals surface area (Å²) in [6.07, 6.45) is 0. The van der Waals surface area contributed by atoms with Crippen molar-refractivity contribution in [3.05, 3.63) is 114 Å². The minimum absolute atomic E-state index is 0.102. The molecule has 1 saturated heterocycles. The molecule has 0 spiro atoms. The van der Waals surface area contributed by atoms with Gasteiger partial charge in [-0.3, -0.25) is 9.69 Å². The second kappa shape index (κ2) is 9.20. The fourth-order valence-corrected chi connectivity index (χ4v) is 4.34. The van der Waals surface area contributed by atoms with Crippen molar-refractivity contribution >= 4 is 5.91 Å². The lowest BCUT2D eigenvalue weighted by molar-refractivity contribution is 0.0559.